The van der Waals surface area contributed by atoms with E-state index < -0.39 is 0 Å². The number of ether oxygens (including phenoxy) is 2. The molecule has 0 amide bonds. The molecule has 0 aliphatic carbocycles. The van der Waals surface area contributed by atoms with Crippen molar-refractivity contribution in [2.45, 2.75) is 6.92 Å². The van der Waals surface area contributed by atoms with Crippen molar-refractivity contribution in [1.29, 1.82) is 0 Å². The van der Waals surface area contributed by atoms with Crippen LogP contribution in [0.3, 0.4) is 0 Å². The number of rotatable bonds is 6. The summed E-state index contributed by atoms with van der Waals surface area (Å²) in [4.78, 5) is 12.0. The number of carbonyl (C=O) groups excluding carboxylic acids is 1. The molecule has 0 aromatic heterocycles. The summed E-state index contributed by atoms with van der Waals surface area (Å²) in [5, 5.41) is 0. The van der Waals surface area contributed by atoms with Gasteiger partial charge in [0.05, 0.1) is 47.9 Å². The summed E-state index contributed by atoms with van der Waals surface area (Å²) in [5.41, 5.74) is 0. The minimum atomic E-state index is -0.0701. The molecule has 1 atom stereocenters. The van der Waals surface area contributed by atoms with Gasteiger partial charge in [-0.3, -0.25) is 4.79 Å². The van der Waals surface area contributed by atoms with Crippen molar-refractivity contribution < 1.29 is 71.2 Å². The Morgan fingerprint density at radius 2 is 1.76 bits per heavy atom. The molecule has 1 saturated heterocycles. The molecule has 21 heavy (non-hydrogen) atoms. The van der Waals surface area contributed by atoms with Crippen LogP contribution in [0.2, 0.25) is 0 Å². The molecule has 128 valence electrons. The third-order valence-corrected chi connectivity index (χ3v) is 3.67. The van der Waals surface area contributed by atoms with Crippen LogP contribution >= 0.6 is 0 Å². The molecule has 0 aromatic rings. The lowest BCUT2D eigenvalue weighted by Crippen LogP contribution is -3.00. The molecule has 0 radical (unpaired) electrons. The number of halogens is 2. The molecule has 0 saturated carbocycles. The summed E-state index contributed by atoms with van der Waals surface area (Å²) in [6.45, 7) is 7.70. The van der Waals surface area contributed by atoms with Crippen molar-refractivity contribution in [1.82, 2.24) is 0 Å². The summed E-state index contributed by atoms with van der Waals surface area (Å²) in [7, 11) is 8.48. The highest BCUT2D eigenvalue weighted by Crippen LogP contribution is 2.13. The van der Waals surface area contributed by atoms with Crippen LogP contribution in [0.4, 0.5) is 0 Å². The van der Waals surface area contributed by atoms with Gasteiger partial charge in [-0.1, -0.05) is 0 Å². The molecule has 1 rings (SSSR count). The van der Waals surface area contributed by atoms with Crippen LogP contribution in [0, 0.1) is 5.92 Å². The Morgan fingerprint density at radius 3 is 2.24 bits per heavy atom. The van der Waals surface area contributed by atoms with Gasteiger partial charge in [-0.25, -0.2) is 0 Å². The Bertz CT molecular complexity index is 303. The van der Waals surface area contributed by atoms with E-state index in [0.29, 0.717) is 6.61 Å². The number of hydrogen-bond donors (Lipinski definition) is 0. The predicted molar refractivity (Wildman–Crippen MR) is 74.6 cm³/mol. The summed E-state index contributed by atoms with van der Waals surface area (Å²) in [5.74, 6) is -0.116. The molecule has 1 aliphatic rings. The van der Waals surface area contributed by atoms with E-state index in [0.717, 1.165) is 48.4 Å². The fourth-order valence-electron chi connectivity index (χ4n) is 2.26. The summed E-state index contributed by atoms with van der Waals surface area (Å²) in [6, 6.07) is 0. The Morgan fingerprint density at radius 1 is 1.24 bits per heavy atom. The number of hydrogen-bond acceptors (Lipinski definition) is 3. The maximum absolute atomic E-state index is 12.0. The third kappa shape index (κ3) is 10.2. The van der Waals surface area contributed by atoms with Crippen LogP contribution in [0.1, 0.15) is 6.92 Å². The predicted octanol–water partition coefficient (Wildman–Crippen LogP) is -5.64. The van der Waals surface area contributed by atoms with Crippen LogP contribution in [0.15, 0.2) is 0 Å². The van der Waals surface area contributed by atoms with Crippen LogP contribution in [-0.2, 0) is 14.3 Å². The van der Waals surface area contributed by atoms with Gasteiger partial charge in [0.25, 0.3) is 0 Å². The molecular weight excluding hydrogens is 498 g/mol. The molecule has 0 N–H and O–H groups in total. The van der Waals surface area contributed by atoms with Gasteiger partial charge in [-0.05, 0) is 6.92 Å². The topological polar surface area (TPSA) is 35.5 Å². The Labute approximate surface area is 163 Å². The third-order valence-electron chi connectivity index (χ3n) is 3.67. The van der Waals surface area contributed by atoms with E-state index in [1.807, 2.05) is 6.92 Å². The van der Waals surface area contributed by atoms with Crippen molar-refractivity contribution in [3.05, 3.63) is 0 Å². The van der Waals surface area contributed by atoms with E-state index in [-0.39, 0.29) is 59.8 Å². The number of esters is 1. The molecule has 1 aliphatic heterocycles. The first-order chi connectivity index (χ1) is 8.72. The van der Waals surface area contributed by atoms with E-state index >= 15 is 0 Å². The maximum Gasteiger partial charge on any atom is 0.314 e. The normalized spacial score (nSPS) is 18.9. The van der Waals surface area contributed by atoms with E-state index in [1.54, 1.807) is 0 Å². The zero-order valence-corrected chi connectivity index (χ0v) is 18.2. The van der Waals surface area contributed by atoms with E-state index in [9.17, 15) is 4.79 Å². The maximum atomic E-state index is 12.0. The van der Waals surface area contributed by atoms with Crippen molar-refractivity contribution >= 4 is 5.97 Å². The molecule has 0 bridgehead atoms. The highest BCUT2D eigenvalue weighted by Gasteiger charge is 2.30. The lowest BCUT2D eigenvalue weighted by molar-refractivity contribution is -0.918. The molecule has 0 aromatic carbocycles. The van der Waals surface area contributed by atoms with Gasteiger partial charge in [0.15, 0.2) is 0 Å². The quantitative estimate of drug-likeness (QED) is 0.196. The lowest BCUT2D eigenvalue weighted by atomic mass is 10.1. The van der Waals surface area contributed by atoms with Crippen LogP contribution in [0.5, 0.6) is 0 Å². The second-order valence-electron chi connectivity index (χ2n) is 6.94. The SMILES string of the molecule is CC(C[N+]1(C)CCOCC1)C(=O)OCC[N+](C)(C)C.[I-].[I-]. The summed E-state index contributed by atoms with van der Waals surface area (Å²) in [6.07, 6.45) is 0. The standard InChI is InChI=1S/C14H30N2O3.2HI/c1-13(12-16(5)7-9-18-10-8-16)14(17)19-11-6-15(2,3)4;;/h13H,6-12H2,1-5H3;2*1H/q+2;;/p-2. The first-order valence-corrected chi connectivity index (χ1v) is 7.10. The van der Waals surface area contributed by atoms with Gasteiger partial charge in [0.2, 0.25) is 0 Å². The first kappa shape index (κ1) is 24.1. The summed E-state index contributed by atoms with van der Waals surface area (Å²) < 4.78 is 12.5. The van der Waals surface area contributed by atoms with Crippen LogP contribution < -0.4 is 48.0 Å². The minimum absolute atomic E-state index is 0. The fourth-order valence-corrected chi connectivity index (χ4v) is 2.26. The van der Waals surface area contributed by atoms with Crippen molar-refractivity contribution in [2.24, 2.45) is 5.92 Å². The van der Waals surface area contributed by atoms with E-state index in [4.69, 9.17) is 9.47 Å². The first-order valence-electron chi connectivity index (χ1n) is 7.10. The molecule has 0 spiro atoms. The lowest BCUT2D eigenvalue weighted by Gasteiger charge is -2.38. The van der Waals surface area contributed by atoms with Gasteiger partial charge in [-0.15, -0.1) is 0 Å². The van der Waals surface area contributed by atoms with Crippen molar-refractivity contribution in [2.75, 3.05) is 74.2 Å². The Kier molecular flexibility index (Phi) is 12.1. The monoisotopic (exact) mass is 528 g/mol. The molecule has 1 unspecified atom stereocenters. The van der Waals surface area contributed by atoms with E-state index in [2.05, 4.69) is 28.2 Å². The molecular formula is C14H30I2N2O3. The molecule has 1 heterocycles. The number of quaternary nitrogens is 2. The number of morpholine rings is 1. The Balaban J connectivity index is 0. The van der Waals surface area contributed by atoms with Gasteiger partial charge in [-0.2, -0.15) is 0 Å². The van der Waals surface area contributed by atoms with Crippen molar-refractivity contribution in [3.63, 3.8) is 0 Å². The minimum Gasteiger partial charge on any atom is -1.00 e. The molecule has 1 fully saturated rings. The van der Waals surface area contributed by atoms with Gasteiger partial charge < -0.3 is 66.4 Å². The second-order valence-corrected chi connectivity index (χ2v) is 6.94. The van der Waals surface area contributed by atoms with Gasteiger partial charge in [0.1, 0.15) is 32.2 Å². The average Bonchev–Trinajstić information content (AvgIpc) is 2.27. The smallest absolute Gasteiger partial charge is 0.314 e. The largest absolute Gasteiger partial charge is 1.00 e. The number of nitrogens with zero attached hydrogens (tertiary/aromatic N) is 2. The fraction of sp³-hybridized carbons (Fsp3) is 0.929. The van der Waals surface area contributed by atoms with Crippen LogP contribution in [0.25, 0.3) is 0 Å². The number of likely N-dealkylation sites (N-methyl/N-ethyl adjacent to an activating group) is 2. The Hall–Kier alpha value is 0.810. The second kappa shape index (κ2) is 10.6. The van der Waals surface area contributed by atoms with Gasteiger partial charge in [0, 0.05) is 0 Å². The molecule has 7 heteroatoms. The number of carbonyl (C=O) groups is 1. The zero-order chi connectivity index (χ0) is 14.5. The van der Waals surface area contributed by atoms with Crippen LogP contribution in [-0.4, -0.2) is 89.1 Å². The summed E-state index contributed by atoms with van der Waals surface area (Å²) >= 11 is 0. The molecule has 5 nitrogen and oxygen atoms in total. The highest BCUT2D eigenvalue weighted by molar-refractivity contribution is 5.72. The highest BCUT2D eigenvalue weighted by atomic mass is 127. The van der Waals surface area contributed by atoms with Crippen molar-refractivity contribution in [3.8, 4) is 0 Å². The van der Waals surface area contributed by atoms with E-state index in [1.165, 1.54) is 0 Å². The van der Waals surface area contributed by atoms with Gasteiger partial charge >= 0.3 is 5.97 Å². The average molecular weight is 528 g/mol. The zero-order valence-electron chi connectivity index (χ0n) is 13.9.